The van der Waals surface area contributed by atoms with Crippen LogP contribution in [0.5, 0.6) is 0 Å². The number of hydrogen-bond acceptors (Lipinski definition) is 5. The van der Waals surface area contributed by atoms with E-state index in [-0.39, 0.29) is 11.3 Å². The third-order valence-corrected chi connectivity index (χ3v) is 5.49. The highest BCUT2D eigenvalue weighted by Crippen LogP contribution is 2.42. The van der Waals surface area contributed by atoms with Crippen molar-refractivity contribution in [1.29, 1.82) is 0 Å². The molecular formula is C20H24N2O4. The molecule has 2 aliphatic rings. The van der Waals surface area contributed by atoms with Crippen LogP contribution in [0.25, 0.3) is 0 Å². The number of carbonyl (C=O) groups is 1. The Morgan fingerprint density at radius 3 is 2.92 bits per heavy atom. The zero-order valence-corrected chi connectivity index (χ0v) is 15.2. The first-order valence-corrected chi connectivity index (χ1v) is 8.98. The third kappa shape index (κ3) is 3.15. The van der Waals surface area contributed by atoms with Gasteiger partial charge in [0.25, 0.3) is 5.91 Å². The number of hydrogen-bond donors (Lipinski definition) is 0. The molecule has 1 amide bonds. The minimum absolute atomic E-state index is 0.0438. The Balaban J connectivity index is 1.43. The Labute approximate surface area is 153 Å². The van der Waals surface area contributed by atoms with Crippen LogP contribution in [0.3, 0.4) is 0 Å². The lowest BCUT2D eigenvalue weighted by Gasteiger charge is -2.26. The molecule has 2 atom stereocenters. The maximum Gasteiger partial charge on any atom is 0.257 e. The lowest BCUT2D eigenvalue weighted by molar-refractivity contribution is 0.0186. The van der Waals surface area contributed by atoms with Crippen molar-refractivity contribution in [3.63, 3.8) is 0 Å². The van der Waals surface area contributed by atoms with Gasteiger partial charge in [0.2, 0.25) is 0 Å². The highest BCUT2D eigenvalue weighted by atomic mass is 16.5. The molecule has 0 bridgehead atoms. The maximum atomic E-state index is 12.9. The molecule has 4 rings (SSSR count). The van der Waals surface area contributed by atoms with Gasteiger partial charge in [0, 0.05) is 36.8 Å². The van der Waals surface area contributed by atoms with Crippen molar-refractivity contribution in [2.75, 3.05) is 32.9 Å². The van der Waals surface area contributed by atoms with Gasteiger partial charge in [-0.2, -0.15) is 0 Å². The van der Waals surface area contributed by atoms with E-state index in [2.05, 4.69) is 4.98 Å². The molecular weight excluding hydrogens is 332 g/mol. The standard InChI is InChI=1S/C20H24N2O4/c1-14-7-18(15(2)26-14)19(23)22-8-17-10-25-13-20(17,11-22)12-24-9-16-3-5-21-6-4-16/h3-7,17H,8-13H2,1-2H3/t17-,20-/m1/s1. The monoisotopic (exact) mass is 356 g/mol. The second kappa shape index (κ2) is 6.85. The number of pyridine rings is 1. The van der Waals surface area contributed by atoms with E-state index in [9.17, 15) is 4.79 Å². The molecule has 2 fully saturated rings. The summed E-state index contributed by atoms with van der Waals surface area (Å²) in [6.45, 7) is 7.54. The Morgan fingerprint density at radius 2 is 2.19 bits per heavy atom. The predicted octanol–water partition coefficient (Wildman–Crippen LogP) is 2.60. The summed E-state index contributed by atoms with van der Waals surface area (Å²) in [5.41, 5.74) is 1.65. The first-order chi connectivity index (χ1) is 12.6. The summed E-state index contributed by atoms with van der Waals surface area (Å²) in [5.74, 6) is 1.81. The molecule has 26 heavy (non-hydrogen) atoms. The Morgan fingerprint density at radius 1 is 1.38 bits per heavy atom. The molecule has 0 unspecified atom stereocenters. The van der Waals surface area contributed by atoms with E-state index in [0.717, 1.165) is 11.3 Å². The molecule has 6 nitrogen and oxygen atoms in total. The summed E-state index contributed by atoms with van der Waals surface area (Å²) in [6, 6.07) is 5.73. The number of amides is 1. The quantitative estimate of drug-likeness (QED) is 0.824. The molecule has 2 aromatic heterocycles. The third-order valence-electron chi connectivity index (χ3n) is 5.49. The minimum Gasteiger partial charge on any atom is -0.466 e. The molecule has 0 aliphatic carbocycles. The van der Waals surface area contributed by atoms with Crippen LogP contribution >= 0.6 is 0 Å². The number of ether oxygens (including phenoxy) is 2. The summed E-state index contributed by atoms with van der Waals surface area (Å²) >= 11 is 0. The second-order valence-corrected chi connectivity index (χ2v) is 7.44. The van der Waals surface area contributed by atoms with E-state index >= 15 is 0 Å². The SMILES string of the molecule is Cc1cc(C(=O)N2C[C@@H]3COC[C@]3(COCc3ccncc3)C2)c(C)o1. The van der Waals surface area contributed by atoms with E-state index in [1.807, 2.05) is 36.9 Å². The van der Waals surface area contributed by atoms with E-state index in [1.165, 1.54) is 0 Å². The predicted molar refractivity (Wildman–Crippen MR) is 94.7 cm³/mol. The Bertz CT molecular complexity index is 788. The van der Waals surface area contributed by atoms with E-state index < -0.39 is 0 Å². The van der Waals surface area contributed by atoms with Crippen LogP contribution in [0, 0.1) is 25.2 Å². The molecule has 0 radical (unpaired) electrons. The van der Waals surface area contributed by atoms with Crippen LogP contribution in [0.15, 0.2) is 35.0 Å². The van der Waals surface area contributed by atoms with Crippen LogP contribution in [0.1, 0.15) is 27.4 Å². The number of likely N-dealkylation sites (tertiary alicyclic amines) is 1. The minimum atomic E-state index is -0.116. The van der Waals surface area contributed by atoms with Crippen molar-refractivity contribution >= 4 is 5.91 Å². The summed E-state index contributed by atoms with van der Waals surface area (Å²) in [7, 11) is 0. The molecule has 2 aromatic rings. The van der Waals surface area contributed by atoms with Crippen molar-refractivity contribution in [3.8, 4) is 0 Å². The van der Waals surface area contributed by atoms with Gasteiger partial charge in [0.15, 0.2) is 0 Å². The van der Waals surface area contributed by atoms with Gasteiger partial charge in [-0.25, -0.2) is 0 Å². The van der Waals surface area contributed by atoms with Gasteiger partial charge < -0.3 is 18.8 Å². The second-order valence-electron chi connectivity index (χ2n) is 7.44. The van der Waals surface area contributed by atoms with Crippen molar-refractivity contribution in [2.24, 2.45) is 11.3 Å². The number of rotatable bonds is 5. The number of fused-ring (bicyclic) bond motifs is 1. The van der Waals surface area contributed by atoms with Gasteiger partial charge in [0.1, 0.15) is 11.5 Å². The molecule has 0 saturated carbocycles. The molecule has 0 spiro atoms. The molecule has 6 heteroatoms. The van der Waals surface area contributed by atoms with Gasteiger partial charge >= 0.3 is 0 Å². The maximum absolute atomic E-state index is 12.9. The summed E-state index contributed by atoms with van der Waals surface area (Å²) in [4.78, 5) is 18.9. The Hall–Kier alpha value is -2.18. The van der Waals surface area contributed by atoms with Gasteiger partial charge in [-0.3, -0.25) is 9.78 Å². The average Bonchev–Trinajstić information content (AvgIpc) is 3.27. The summed E-state index contributed by atoms with van der Waals surface area (Å²) in [6.07, 6.45) is 3.54. The molecule has 4 heterocycles. The zero-order valence-electron chi connectivity index (χ0n) is 15.2. The highest BCUT2D eigenvalue weighted by Gasteiger charge is 2.52. The summed E-state index contributed by atoms with van der Waals surface area (Å²) < 4.78 is 17.3. The smallest absolute Gasteiger partial charge is 0.257 e. The van der Waals surface area contributed by atoms with Crippen molar-refractivity contribution in [3.05, 3.63) is 53.2 Å². The van der Waals surface area contributed by atoms with Crippen LogP contribution in [0.2, 0.25) is 0 Å². The molecule has 138 valence electrons. The average molecular weight is 356 g/mol. The molecule has 0 aromatic carbocycles. The lowest BCUT2D eigenvalue weighted by Crippen LogP contribution is -2.37. The number of nitrogens with zero attached hydrogens (tertiary/aromatic N) is 2. The lowest BCUT2D eigenvalue weighted by atomic mass is 9.82. The van der Waals surface area contributed by atoms with Gasteiger partial charge in [0.05, 0.1) is 32.0 Å². The Kier molecular flexibility index (Phi) is 4.54. The van der Waals surface area contributed by atoms with Crippen molar-refractivity contribution in [2.45, 2.75) is 20.5 Å². The fourth-order valence-electron chi connectivity index (χ4n) is 4.06. The number of furan rings is 1. The van der Waals surface area contributed by atoms with Crippen LogP contribution in [-0.4, -0.2) is 48.7 Å². The summed E-state index contributed by atoms with van der Waals surface area (Å²) in [5, 5.41) is 0. The fraction of sp³-hybridized carbons (Fsp3) is 0.500. The fourth-order valence-corrected chi connectivity index (χ4v) is 4.06. The topological polar surface area (TPSA) is 64.8 Å². The van der Waals surface area contributed by atoms with Crippen LogP contribution < -0.4 is 0 Å². The van der Waals surface area contributed by atoms with Gasteiger partial charge in [-0.1, -0.05) is 0 Å². The number of aryl methyl sites for hydroxylation is 2. The van der Waals surface area contributed by atoms with E-state index in [1.54, 1.807) is 12.4 Å². The molecule has 2 aliphatic heterocycles. The van der Waals surface area contributed by atoms with E-state index in [4.69, 9.17) is 13.9 Å². The first-order valence-electron chi connectivity index (χ1n) is 8.98. The first kappa shape index (κ1) is 17.2. The van der Waals surface area contributed by atoms with Crippen molar-refractivity contribution in [1.82, 2.24) is 9.88 Å². The van der Waals surface area contributed by atoms with E-state index in [0.29, 0.717) is 56.8 Å². The van der Waals surface area contributed by atoms with Gasteiger partial charge in [-0.05, 0) is 37.6 Å². The van der Waals surface area contributed by atoms with Crippen molar-refractivity contribution < 1.29 is 18.7 Å². The highest BCUT2D eigenvalue weighted by molar-refractivity contribution is 5.95. The van der Waals surface area contributed by atoms with Crippen LogP contribution in [0.4, 0.5) is 0 Å². The number of aromatic nitrogens is 1. The van der Waals surface area contributed by atoms with Gasteiger partial charge in [-0.15, -0.1) is 0 Å². The normalized spacial score (nSPS) is 24.8. The molecule has 2 saturated heterocycles. The number of carbonyl (C=O) groups excluding carboxylic acids is 1. The van der Waals surface area contributed by atoms with Crippen LogP contribution in [-0.2, 0) is 16.1 Å². The largest absolute Gasteiger partial charge is 0.466 e. The zero-order chi connectivity index (χ0) is 18.1. The molecule has 0 N–H and O–H groups in total.